The number of benzene rings is 7. The topological polar surface area (TPSA) is 154 Å². The van der Waals surface area contributed by atoms with Crippen molar-refractivity contribution in [1.29, 1.82) is 0 Å². The molecule has 12 nitrogen and oxygen atoms in total. The molecule has 0 aliphatic carbocycles. The van der Waals surface area contributed by atoms with Gasteiger partial charge in [0.25, 0.3) is 34.1 Å². The van der Waals surface area contributed by atoms with E-state index in [0.29, 0.717) is 56.0 Å². The third-order valence-corrected chi connectivity index (χ3v) is 26.4. The molecule has 0 spiro atoms. The fraction of sp³-hybridized carbons (Fsp3) is 0.338. The summed E-state index contributed by atoms with van der Waals surface area (Å²) >= 11 is 7.67. The van der Waals surface area contributed by atoms with E-state index in [0.717, 1.165) is 62.6 Å². The van der Waals surface area contributed by atoms with Crippen LogP contribution in [0.5, 0.6) is 0 Å². The Morgan fingerprint density at radius 3 is 1.90 bits per heavy atom. The highest BCUT2D eigenvalue weighted by molar-refractivity contribution is 7.99. The molecule has 3 N–H and O–H groups in total. The number of amides is 1. The number of sulfonamides is 1. The number of nitrogens with zero attached hydrogens (tertiary/aromatic N) is 2. The maximum atomic E-state index is 14.6. The standard InChI is InChI=1S/C65H75ClF3N5O7S4Si/c1-63(2,3)83(76)71-61(58-26-18-17-25-57(58)47-27-31-50(66)32-28-47)48-37-41-74(42-38-48)52-33-29-49(30-34-52)62(75)72-85(79,80)54-35-36-59(60(45-54)84(77,78)65(67,68)69)70-51(46-82-53-19-11-8-12-20-53)39-40-73(7)43-44-81-86(64(4,5)6,55-21-13-9-14-22-55)56-23-15-10-16-24-56/h8-36,45,48,51,61,70-71H,37-44,46H2,1-7H3,(H,72,75)/t51-,61-,83+/m1/s1. The normalized spacial score (nSPS) is 15.0. The molecule has 7 aromatic carbocycles. The summed E-state index contributed by atoms with van der Waals surface area (Å²) in [5.41, 5.74) is -2.53. The van der Waals surface area contributed by atoms with Crippen molar-refractivity contribution in [2.24, 2.45) is 5.92 Å². The number of thioether (sulfide) groups is 1. The number of carbonyl (C=O) groups excluding carboxylic acids is 1. The fourth-order valence-corrected chi connectivity index (χ4v) is 19.4. The van der Waals surface area contributed by atoms with Gasteiger partial charge in [-0.25, -0.2) is 30.5 Å². The highest BCUT2D eigenvalue weighted by Gasteiger charge is 2.51. The van der Waals surface area contributed by atoms with Crippen molar-refractivity contribution in [2.75, 3.05) is 55.8 Å². The zero-order valence-electron chi connectivity index (χ0n) is 49.3. The maximum Gasteiger partial charge on any atom is 0.501 e. The lowest BCUT2D eigenvalue weighted by atomic mass is 9.83. The Labute approximate surface area is 518 Å². The summed E-state index contributed by atoms with van der Waals surface area (Å²) in [6.45, 7) is 14.9. The van der Waals surface area contributed by atoms with Gasteiger partial charge < -0.3 is 19.5 Å². The molecule has 1 aliphatic heterocycles. The number of piperidine rings is 1. The van der Waals surface area contributed by atoms with Gasteiger partial charge in [0.2, 0.25) is 0 Å². The van der Waals surface area contributed by atoms with Crippen LogP contribution in [0.1, 0.15) is 82.8 Å². The number of sulfone groups is 1. The van der Waals surface area contributed by atoms with Crippen LogP contribution in [0, 0.1) is 5.92 Å². The van der Waals surface area contributed by atoms with Gasteiger partial charge in [-0.1, -0.05) is 148 Å². The number of alkyl halides is 3. The Balaban J connectivity index is 0.959. The lowest BCUT2D eigenvalue weighted by molar-refractivity contribution is -0.0436. The van der Waals surface area contributed by atoms with Crippen molar-refractivity contribution in [3.63, 3.8) is 0 Å². The summed E-state index contributed by atoms with van der Waals surface area (Å²) in [6, 6.07) is 53.4. The van der Waals surface area contributed by atoms with Gasteiger partial charge >= 0.3 is 5.51 Å². The van der Waals surface area contributed by atoms with Gasteiger partial charge in [0.15, 0.2) is 0 Å². The van der Waals surface area contributed by atoms with E-state index in [1.807, 2.05) is 136 Å². The minimum absolute atomic E-state index is 0.0559. The number of carbonyl (C=O) groups is 1. The molecule has 0 bridgehead atoms. The molecular formula is C65H75ClF3N5O7S4Si. The first-order valence-corrected chi connectivity index (χ1v) is 35.8. The quantitative estimate of drug-likeness (QED) is 0.0391. The van der Waals surface area contributed by atoms with E-state index in [1.165, 1.54) is 23.9 Å². The lowest BCUT2D eigenvalue weighted by Gasteiger charge is -2.43. The van der Waals surface area contributed by atoms with E-state index < -0.39 is 76.8 Å². The van der Waals surface area contributed by atoms with Crippen molar-refractivity contribution < 1.29 is 43.4 Å². The number of likely N-dealkylation sites (N-methyl/N-ethyl adjacent to an activating group) is 1. The molecule has 458 valence electrons. The smallest absolute Gasteiger partial charge is 0.406 e. The van der Waals surface area contributed by atoms with Crippen LogP contribution in [0.15, 0.2) is 197 Å². The van der Waals surface area contributed by atoms with Gasteiger partial charge in [-0.05, 0) is 158 Å². The largest absolute Gasteiger partial charge is 0.501 e. The third kappa shape index (κ3) is 16.1. The van der Waals surface area contributed by atoms with Crippen LogP contribution >= 0.6 is 23.4 Å². The van der Waals surface area contributed by atoms with Gasteiger partial charge in [0, 0.05) is 65.2 Å². The predicted molar refractivity (Wildman–Crippen MR) is 347 cm³/mol. The number of hydrogen-bond acceptors (Lipinski definition) is 11. The molecule has 0 aromatic heterocycles. The molecule has 86 heavy (non-hydrogen) atoms. The monoisotopic (exact) mass is 1290 g/mol. The minimum Gasteiger partial charge on any atom is -0.406 e. The minimum atomic E-state index is -6.16. The van der Waals surface area contributed by atoms with E-state index >= 15 is 0 Å². The van der Waals surface area contributed by atoms with Crippen LogP contribution in [0.3, 0.4) is 0 Å². The molecular weight excluding hydrogens is 1210 g/mol. The third-order valence-electron chi connectivity index (χ3n) is 15.5. The second-order valence-corrected chi connectivity index (χ2v) is 35.0. The van der Waals surface area contributed by atoms with Crippen molar-refractivity contribution in [3.8, 4) is 11.1 Å². The highest BCUT2D eigenvalue weighted by atomic mass is 35.5. The number of rotatable bonds is 24. The molecule has 0 radical (unpaired) electrons. The van der Waals surface area contributed by atoms with Gasteiger partial charge in [0.1, 0.15) is 4.90 Å². The molecule has 0 unspecified atom stereocenters. The van der Waals surface area contributed by atoms with Crippen LogP contribution in [0.25, 0.3) is 11.1 Å². The Bertz CT molecular complexity index is 3610. The number of anilines is 2. The SMILES string of the molecule is CN(CCO[Si](c1ccccc1)(c1ccccc1)C(C)(C)C)CC[C@H](CSc1ccccc1)Nc1ccc(S(=O)(=O)NC(=O)c2ccc(N3CCC([C@@H](N[S@@](=O)C(C)(C)C)c4ccccc4-c4ccc(Cl)cc4)CC3)cc2)cc1S(=O)(=O)C(F)(F)F. The molecule has 21 heteroatoms. The van der Waals surface area contributed by atoms with Crippen LogP contribution in [-0.4, -0.2) is 102 Å². The first-order valence-electron chi connectivity index (χ1n) is 28.5. The van der Waals surface area contributed by atoms with Crippen LogP contribution in [0.2, 0.25) is 10.1 Å². The van der Waals surface area contributed by atoms with Gasteiger partial charge in [-0.2, -0.15) is 13.2 Å². The average Bonchev–Trinajstić information content (AvgIpc) is 0.880. The molecule has 1 aliphatic rings. The van der Waals surface area contributed by atoms with Crippen LogP contribution < -0.4 is 30.0 Å². The van der Waals surface area contributed by atoms with Crippen molar-refractivity contribution in [3.05, 3.63) is 198 Å². The molecule has 1 fully saturated rings. The van der Waals surface area contributed by atoms with E-state index in [9.17, 15) is 39.0 Å². The molecule has 7 aromatic rings. The van der Waals surface area contributed by atoms with Crippen molar-refractivity contribution in [2.45, 2.75) is 103 Å². The summed E-state index contributed by atoms with van der Waals surface area (Å²) < 4.78 is 124. The summed E-state index contributed by atoms with van der Waals surface area (Å²) in [7, 11) is -13.4. The van der Waals surface area contributed by atoms with Gasteiger partial charge in [-0.15, -0.1) is 11.8 Å². The van der Waals surface area contributed by atoms with Crippen molar-refractivity contribution >= 4 is 90.2 Å². The second kappa shape index (κ2) is 28.1. The number of nitrogens with one attached hydrogen (secondary N) is 3. The van der Waals surface area contributed by atoms with Crippen LogP contribution in [0.4, 0.5) is 24.5 Å². The molecule has 1 saturated heterocycles. The van der Waals surface area contributed by atoms with Crippen LogP contribution in [-0.2, 0) is 35.3 Å². The van der Waals surface area contributed by atoms with E-state index in [1.54, 1.807) is 12.1 Å². The molecule has 8 rings (SSSR count). The molecule has 1 amide bonds. The second-order valence-electron chi connectivity index (χ2n) is 23.6. The Morgan fingerprint density at radius 1 is 0.756 bits per heavy atom. The molecule has 0 saturated carbocycles. The van der Waals surface area contributed by atoms with E-state index in [2.05, 4.69) is 77.0 Å². The van der Waals surface area contributed by atoms with E-state index in [-0.39, 0.29) is 22.6 Å². The number of halogens is 4. The average molecular weight is 1290 g/mol. The lowest BCUT2D eigenvalue weighted by Crippen LogP contribution is -2.67. The Hall–Kier alpha value is -5.81. The Morgan fingerprint density at radius 2 is 1.33 bits per heavy atom. The fourth-order valence-electron chi connectivity index (χ4n) is 10.8. The molecule has 1 heterocycles. The summed E-state index contributed by atoms with van der Waals surface area (Å²) in [6.07, 6.45) is 1.79. The summed E-state index contributed by atoms with van der Waals surface area (Å²) in [4.78, 5) is 16.6. The van der Waals surface area contributed by atoms with Crippen molar-refractivity contribution in [1.82, 2.24) is 14.3 Å². The van der Waals surface area contributed by atoms with Gasteiger partial charge in [-0.3, -0.25) is 4.79 Å². The van der Waals surface area contributed by atoms with E-state index in [4.69, 9.17) is 16.0 Å². The highest BCUT2D eigenvalue weighted by Crippen LogP contribution is 2.41. The Kier molecular flexibility index (Phi) is 21.6. The maximum absolute atomic E-state index is 14.6. The first-order chi connectivity index (χ1) is 40.7. The first kappa shape index (κ1) is 66.1. The predicted octanol–water partition coefficient (Wildman–Crippen LogP) is 12.9. The number of hydrogen-bond donors (Lipinski definition) is 3. The summed E-state index contributed by atoms with van der Waals surface area (Å²) in [5, 5.41) is 5.69. The zero-order chi connectivity index (χ0) is 62.1. The van der Waals surface area contributed by atoms with Gasteiger partial charge in [0.05, 0.1) is 26.3 Å². The summed E-state index contributed by atoms with van der Waals surface area (Å²) in [5.74, 6) is -0.685. The zero-order valence-corrected chi connectivity index (χ0v) is 54.3. The molecule has 3 atom stereocenters.